The summed E-state index contributed by atoms with van der Waals surface area (Å²) in [6, 6.07) is 9.50. The van der Waals surface area contributed by atoms with Crippen molar-refractivity contribution in [3.63, 3.8) is 0 Å². The third kappa shape index (κ3) is 3.51. The van der Waals surface area contributed by atoms with E-state index in [4.69, 9.17) is 4.98 Å². The molecular weight excluding hydrogens is 294 g/mol. The lowest BCUT2D eigenvalue weighted by Crippen LogP contribution is -2.45. The predicted octanol–water partition coefficient (Wildman–Crippen LogP) is 4.26. The third-order valence-electron chi connectivity index (χ3n) is 5.79. The maximum Gasteiger partial charge on any atom is 0.0406 e. The van der Waals surface area contributed by atoms with Crippen LogP contribution in [0.3, 0.4) is 0 Å². The van der Waals surface area contributed by atoms with Crippen molar-refractivity contribution in [1.82, 2.24) is 14.9 Å². The third-order valence-corrected chi connectivity index (χ3v) is 5.79. The van der Waals surface area contributed by atoms with E-state index in [0.29, 0.717) is 0 Å². The molecule has 2 aliphatic rings. The summed E-state index contributed by atoms with van der Waals surface area (Å²) in [5.41, 5.74) is 4.68. The van der Waals surface area contributed by atoms with Crippen LogP contribution in [0.4, 0.5) is 0 Å². The van der Waals surface area contributed by atoms with Gasteiger partial charge in [-0.2, -0.15) is 0 Å². The fourth-order valence-electron chi connectivity index (χ4n) is 4.01. The lowest BCUT2D eigenvalue weighted by Gasteiger charge is -2.41. The van der Waals surface area contributed by atoms with Crippen molar-refractivity contribution in [2.75, 3.05) is 13.1 Å². The molecule has 1 aliphatic heterocycles. The van der Waals surface area contributed by atoms with Crippen LogP contribution in [0.5, 0.6) is 0 Å². The van der Waals surface area contributed by atoms with Crippen molar-refractivity contribution in [2.45, 2.75) is 51.5 Å². The summed E-state index contributed by atoms with van der Waals surface area (Å²) in [7, 11) is 0. The zero-order chi connectivity index (χ0) is 16.4. The van der Waals surface area contributed by atoms with Gasteiger partial charge in [0.05, 0.1) is 0 Å². The van der Waals surface area contributed by atoms with Gasteiger partial charge < -0.3 is 4.90 Å². The second-order valence-corrected chi connectivity index (χ2v) is 7.49. The normalized spacial score (nSPS) is 20.0. The van der Waals surface area contributed by atoms with Crippen molar-refractivity contribution >= 4 is 0 Å². The summed E-state index contributed by atoms with van der Waals surface area (Å²) in [4.78, 5) is 11.7. The first kappa shape index (κ1) is 15.8. The fourth-order valence-corrected chi connectivity index (χ4v) is 4.01. The van der Waals surface area contributed by atoms with Crippen molar-refractivity contribution in [3.8, 4) is 11.1 Å². The molecule has 0 aromatic carbocycles. The molecule has 3 heterocycles. The number of pyridine rings is 2. The quantitative estimate of drug-likeness (QED) is 0.842. The standard InChI is InChI=1S/C21H27N3/c1-16-13-18(7-10-22-16)19-5-6-20(23-15-19)14-17-8-11-24(12-9-17)21-3-2-4-21/h5-7,10,13,15,17,21H,2-4,8-9,11-12,14H2,1H3. The molecule has 1 saturated heterocycles. The van der Waals surface area contributed by atoms with Crippen LogP contribution in [0.1, 0.15) is 43.5 Å². The first-order valence-corrected chi connectivity index (χ1v) is 9.40. The molecule has 2 fully saturated rings. The van der Waals surface area contributed by atoms with Gasteiger partial charge in [0.15, 0.2) is 0 Å². The number of hydrogen-bond donors (Lipinski definition) is 0. The molecule has 0 unspecified atom stereocenters. The number of nitrogens with zero attached hydrogens (tertiary/aromatic N) is 3. The summed E-state index contributed by atoms with van der Waals surface area (Å²) < 4.78 is 0. The second kappa shape index (κ2) is 7.02. The molecule has 2 aromatic heterocycles. The van der Waals surface area contributed by atoms with Crippen LogP contribution in [-0.4, -0.2) is 34.0 Å². The average molecular weight is 321 g/mol. The minimum absolute atomic E-state index is 0.808. The summed E-state index contributed by atoms with van der Waals surface area (Å²) >= 11 is 0. The van der Waals surface area contributed by atoms with Gasteiger partial charge in [0.25, 0.3) is 0 Å². The highest BCUT2D eigenvalue weighted by Gasteiger charge is 2.28. The van der Waals surface area contributed by atoms with Crippen molar-refractivity contribution in [1.29, 1.82) is 0 Å². The highest BCUT2D eigenvalue weighted by molar-refractivity contribution is 5.62. The summed E-state index contributed by atoms with van der Waals surface area (Å²) in [5, 5.41) is 0. The van der Waals surface area contributed by atoms with Gasteiger partial charge in [-0.15, -0.1) is 0 Å². The van der Waals surface area contributed by atoms with Crippen molar-refractivity contribution < 1.29 is 0 Å². The smallest absolute Gasteiger partial charge is 0.0406 e. The molecule has 0 N–H and O–H groups in total. The molecule has 126 valence electrons. The van der Waals surface area contributed by atoms with Gasteiger partial charge in [0, 0.05) is 35.4 Å². The van der Waals surface area contributed by atoms with Gasteiger partial charge in [0.1, 0.15) is 0 Å². The predicted molar refractivity (Wildman–Crippen MR) is 97.8 cm³/mol. The van der Waals surface area contributed by atoms with E-state index in [1.165, 1.54) is 62.0 Å². The van der Waals surface area contributed by atoms with Gasteiger partial charge in [-0.1, -0.05) is 12.5 Å². The molecule has 1 saturated carbocycles. The second-order valence-electron chi connectivity index (χ2n) is 7.49. The number of rotatable bonds is 4. The number of aryl methyl sites for hydroxylation is 1. The molecule has 0 amide bonds. The Morgan fingerprint density at radius 2 is 1.83 bits per heavy atom. The van der Waals surface area contributed by atoms with E-state index < -0.39 is 0 Å². The lowest BCUT2D eigenvalue weighted by atomic mass is 9.86. The molecule has 0 radical (unpaired) electrons. The fraction of sp³-hybridized carbons (Fsp3) is 0.524. The molecule has 4 rings (SSSR count). The van der Waals surface area contributed by atoms with Crippen LogP contribution >= 0.6 is 0 Å². The summed E-state index contributed by atoms with van der Waals surface area (Å²) in [6.07, 6.45) is 12.0. The van der Waals surface area contributed by atoms with Crippen LogP contribution in [0.2, 0.25) is 0 Å². The number of hydrogen-bond acceptors (Lipinski definition) is 3. The first-order valence-electron chi connectivity index (χ1n) is 9.40. The minimum atomic E-state index is 0.808. The Bertz CT molecular complexity index is 668. The lowest BCUT2D eigenvalue weighted by molar-refractivity contribution is 0.0845. The van der Waals surface area contributed by atoms with Gasteiger partial charge in [-0.3, -0.25) is 9.97 Å². The van der Waals surface area contributed by atoms with Crippen LogP contribution < -0.4 is 0 Å². The molecule has 24 heavy (non-hydrogen) atoms. The van der Waals surface area contributed by atoms with E-state index in [1.807, 2.05) is 19.3 Å². The van der Waals surface area contributed by atoms with E-state index in [2.05, 4.69) is 34.1 Å². The van der Waals surface area contributed by atoms with E-state index >= 15 is 0 Å². The van der Waals surface area contributed by atoms with E-state index in [1.54, 1.807) is 0 Å². The molecule has 0 spiro atoms. The highest BCUT2D eigenvalue weighted by atomic mass is 15.2. The van der Waals surface area contributed by atoms with E-state index in [-0.39, 0.29) is 0 Å². The van der Waals surface area contributed by atoms with Crippen LogP contribution in [0.25, 0.3) is 11.1 Å². The first-order chi connectivity index (χ1) is 11.8. The van der Waals surface area contributed by atoms with E-state index in [9.17, 15) is 0 Å². The Kier molecular flexibility index (Phi) is 4.61. The zero-order valence-corrected chi connectivity index (χ0v) is 14.6. The number of aromatic nitrogens is 2. The maximum absolute atomic E-state index is 4.73. The Morgan fingerprint density at radius 1 is 1.00 bits per heavy atom. The molecular formula is C21H27N3. The Hall–Kier alpha value is -1.74. The Morgan fingerprint density at radius 3 is 2.46 bits per heavy atom. The molecule has 2 aromatic rings. The minimum Gasteiger partial charge on any atom is -0.300 e. The number of piperidine rings is 1. The van der Waals surface area contributed by atoms with Crippen LogP contribution in [0.15, 0.2) is 36.7 Å². The summed E-state index contributed by atoms with van der Waals surface area (Å²) in [5.74, 6) is 0.808. The van der Waals surface area contributed by atoms with Gasteiger partial charge in [-0.25, -0.2) is 0 Å². The van der Waals surface area contributed by atoms with Crippen LogP contribution in [0, 0.1) is 12.8 Å². The zero-order valence-electron chi connectivity index (χ0n) is 14.6. The molecule has 3 nitrogen and oxygen atoms in total. The highest BCUT2D eigenvalue weighted by Crippen LogP contribution is 2.30. The molecule has 0 atom stereocenters. The molecule has 1 aliphatic carbocycles. The SMILES string of the molecule is Cc1cc(-c2ccc(CC3CCN(C4CCC4)CC3)nc2)ccn1. The van der Waals surface area contributed by atoms with Gasteiger partial charge in [0.2, 0.25) is 0 Å². The average Bonchev–Trinajstić information content (AvgIpc) is 2.56. The largest absolute Gasteiger partial charge is 0.300 e. The van der Waals surface area contributed by atoms with Crippen LogP contribution in [-0.2, 0) is 6.42 Å². The number of likely N-dealkylation sites (tertiary alicyclic amines) is 1. The topological polar surface area (TPSA) is 29.0 Å². The van der Waals surface area contributed by atoms with Crippen molar-refractivity contribution in [2.24, 2.45) is 5.92 Å². The van der Waals surface area contributed by atoms with E-state index in [0.717, 1.165) is 24.1 Å². The molecule has 0 bridgehead atoms. The van der Waals surface area contributed by atoms with Gasteiger partial charge >= 0.3 is 0 Å². The Labute approximate surface area is 145 Å². The molecule has 3 heteroatoms. The summed E-state index contributed by atoms with van der Waals surface area (Å²) in [6.45, 7) is 4.62. The maximum atomic E-state index is 4.73. The van der Waals surface area contributed by atoms with Crippen molar-refractivity contribution in [3.05, 3.63) is 48.0 Å². The monoisotopic (exact) mass is 321 g/mol. The van der Waals surface area contributed by atoms with Gasteiger partial charge in [-0.05, 0) is 81.8 Å². The Balaban J connectivity index is 1.34.